The Morgan fingerprint density at radius 2 is 2.03 bits per heavy atom. The van der Waals surface area contributed by atoms with Gasteiger partial charge >= 0.3 is 0 Å². The first kappa shape index (κ1) is 24.0. The number of pyridine rings is 1. The Morgan fingerprint density at radius 3 is 2.72 bits per heavy atom. The van der Waals surface area contributed by atoms with Gasteiger partial charge in [0.25, 0.3) is 11.8 Å². The Hall–Kier alpha value is -3.69. The van der Waals surface area contributed by atoms with Gasteiger partial charge in [0.05, 0.1) is 29.3 Å². The molecule has 2 amide bonds. The molecule has 4 N–H and O–H groups in total. The van der Waals surface area contributed by atoms with Crippen LogP contribution in [0.5, 0.6) is 0 Å². The van der Waals surface area contributed by atoms with Crippen LogP contribution in [0.15, 0.2) is 41.0 Å². The molecule has 0 aliphatic carbocycles. The highest BCUT2D eigenvalue weighted by atomic mass is 32.1. The van der Waals surface area contributed by atoms with Crippen LogP contribution in [0, 0.1) is 20.8 Å². The van der Waals surface area contributed by atoms with E-state index in [1.165, 1.54) is 11.3 Å². The van der Waals surface area contributed by atoms with Crippen molar-refractivity contribution in [1.29, 1.82) is 0 Å². The van der Waals surface area contributed by atoms with Crippen LogP contribution in [-0.2, 0) is 4.74 Å². The van der Waals surface area contributed by atoms with Crippen LogP contribution in [0.2, 0.25) is 0 Å². The maximum Gasteiger partial charge on any atom is 0.263 e. The lowest BCUT2D eigenvalue weighted by Gasteiger charge is -2.14. The van der Waals surface area contributed by atoms with Crippen LogP contribution in [-0.4, -0.2) is 36.1 Å². The second-order valence-electron chi connectivity index (χ2n) is 9.07. The molecule has 4 aromatic rings. The summed E-state index contributed by atoms with van der Waals surface area (Å²) in [6.07, 6.45) is 3.48. The average molecular weight is 505 g/mol. The Morgan fingerprint density at radius 1 is 1.19 bits per heavy atom. The van der Waals surface area contributed by atoms with Crippen LogP contribution in [0.3, 0.4) is 0 Å². The number of nitrogens with zero attached hydrogens (tertiary/aromatic N) is 1. The first-order chi connectivity index (χ1) is 17.3. The van der Waals surface area contributed by atoms with Crippen molar-refractivity contribution >= 4 is 44.7 Å². The normalized spacial score (nSPS) is 15.4. The number of carbonyl (C=O) groups is 2. The molecule has 0 bridgehead atoms. The number of aryl methyl sites for hydroxylation is 3. The summed E-state index contributed by atoms with van der Waals surface area (Å²) in [5.74, 6) is -0.127. The van der Waals surface area contributed by atoms with E-state index in [0.717, 1.165) is 24.0 Å². The smallest absolute Gasteiger partial charge is 0.263 e. The lowest BCUT2D eigenvalue weighted by atomic mass is 9.99. The number of anilines is 2. The van der Waals surface area contributed by atoms with E-state index in [1.807, 2.05) is 32.0 Å². The van der Waals surface area contributed by atoms with E-state index in [1.54, 1.807) is 25.3 Å². The van der Waals surface area contributed by atoms with Crippen molar-refractivity contribution in [3.05, 3.63) is 63.9 Å². The van der Waals surface area contributed by atoms with Gasteiger partial charge in [-0.1, -0.05) is 17.7 Å². The van der Waals surface area contributed by atoms with Crippen molar-refractivity contribution in [3.8, 4) is 11.3 Å². The second kappa shape index (κ2) is 9.75. The molecule has 5 rings (SSSR count). The van der Waals surface area contributed by atoms with E-state index in [9.17, 15) is 9.59 Å². The predicted molar refractivity (Wildman–Crippen MR) is 142 cm³/mol. The third kappa shape index (κ3) is 4.47. The minimum Gasteiger partial charge on any atom is -0.464 e. The second-order valence-corrected chi connectivity index (χ2v) is 10.1. The summed E-state index contributed by atoms with van der Waals surface area (Å²) in [7, 11) is 0. The van der Waals surface area contributed by atoms with Gasteiger partial charge in [0.1, 0.15) is 15.5 Å². The first-order valence-electron chi connectivity index (χ1n) is 11.9. The summed E-state index contributed by atoms with van der Waals surface area (Å²) in [6, 6.07) is 9.36. The largest absolute Gasteiger partial charge is 0.464 e. The van der Waals surface area contributed by atoms with Gasteiger partial charge in [-0.15, -0.1) is 11.3 Å². The molecule has 36 heavy (non-hydrogen) atoms. The first-order valence-corrected chi connectivity index (χ1v) is 12.7. The number of ether oxygens (including phenoxy) is 1. The molecule has 1 aliphatic heterocycles. The number of rotatable bonds is 6. The van der Waals surface area contributed by atoms with Crippen molar-refractivity contribution in [2.45, 2.75) is 39.7 Å². The van der Waals surface area contributed by atoms with Crippen molar-refractivity contribution in [2.24, 2.45) is 0 Å². The van der Waals surface area contributed by atoms with Gasteiger partial charge in [-0.2, -0.15) is 0 Å². The standard InChI is InChI=1S/C27H28N4O4S/c1-14-8-9-18(15(2)12-14)31-25(32)20-16(3)30-27-22(21(20)19-7-5-11-35-19)23(28)24(36-27)26(33)29-13-17-6-4-10-34-17/h5,7-9,11-12,17H,4,6,10,13,28H2,1-3H3,(H,29,33)(H,31,32)/t17-/m1/s1. The maximum atomic E-state index is 13.6. The molecule has 1 aliphatic rings. The van der Waals surface area contributed by atoms with Gasteiger partial charge < -0.3 is 25.5 Å². The topological polar surface area (TPSA) is 119 Å². The summed E-state index contributed by atoms with van der Waals surface area (Å²) in [4.78, 5) is 32.2. The van der Waals surface area contributed by atoms with Gasteiger partial charge in [-0.3, -0.25) is 9.59 Å². The van der Waals surface area contributed by atoms with E-state index >= 15 is 0 Å². The zero-order valence-electron chi connectivity index (χ0n) is 20.4. The minimum atomic E-state index is -0.324. The van der Waals surface area contributed by atoms with Gasteiger partial charge in [0, 0.05) is 29.8 Å². The van der Waals surface area contributed by atoms with Crippen LogP contribution in [0.4, 0.5) is 11.4 Å². The molecule has 1 atom stereocenters. The number of hydrogen-bond acceptors (Lipinski definition) is 7. The van der Waals surface area contributed by atoms with E-state index in [-0.39, 0.29) is 23.6 Å². The van der Waals surface area contributed by atoms with Crippen molar-refractivity contribution in [1.82, 2.24) is 10.3 Å². The number of amides is 2. The molecule has 4 heterocycles. The fourth-order valence-corrected chi connectivity index (χ4v) is 5.68. The van der Waals surface area contributed by atoms with Crippen molar-refractivity contribution in [3.63, 3.8) is 0 Å². The van der Waals surface area contributed by atoms with Crippen molar-refractivity contribution < 1.29 is 18.7 Å². The molecule has 1 fully saturated rings. The molecule has 0 radical (unpaired) electrons. The molecular weight excluding hydrogens is 476 g/mol. The summed E-state index contributed by atoms with van der Waals surface area (Å²) in [5.41, 5.74) is 11.0. The zero-order chi connectivity index (χ0) is 25.4. The Balaban J connectivity index is 1.58. The number of benzene rings is 1. The molecule has 186 valence electrons. The van der Waals surface area contributed by atoms with Gasteiger partial charge in [-0.25, -0.2) is 4.98 Å². The molecule has 1 aromatic carbocycles. The summed E-state index contributed by atoms with van der Waals surface area (Å²) < 4.78 is 11.3. The highest BCUT2D eigenvalue weighted by Crippen LogP contribution is 2.42. The quantitative estimate of drug-likeness (QED) is 0.331. The lowest BCUT2D eigenvalue weighted by Crippen LogP contribution is -2.31. The van der Waals surface area contributed by atoms with Crippen LogP contribution < -0.4 is 16.4 Å². The summed E-state index contributed by atoms with van der Waals surface area (Å²) in [5, 5.41) is 6.48. The predicted octanol–water partition coefficient (Wildman–Crippen LogP) is 5.22. The maximum absolute atomic E-state index is 13.6. The van der Waals surface area contributed by atoms with Crippen LogP contribution in [0.25, 0.3) is 21.5 Å². The van der Waals surface area contributed by atoms with Gasteiger partial charge in [0.15, 0.2) is 0 Å². The van der Waals surface area contributed by atoms with Crippen LogP contribution in [0.1, 0.15) is 49.7 Å². The minimum absolute atomic E-state index is 0.0177. The van der Waals surface area contributed by atoms with E-state index in [0.29, 0.717) is 56.5 Å². The van der Waals surface area contributed by atoms with E-state index in [4.69, 9.17) is 14.9 Å². The number of furan rings is 1. The molecule has 0 saturated carbocycles. The third-order valence-electron chi connectivity index (χ3n) is 6.40. The highest BCUT2D eigenvalue weighted by Gasteiger charge is 2.28. The number of nitrogens with two attached hydrogens (primary N) is 1. The summed E-state index contributed by atoms with van der Waals surface area (Å²) >= 11 is 1.21. The fraction of sp³-hybridized carbons (Fsp3) is 0.296. The molecule has 3 aromatic heterocycles. The number of hydrogen-bond donors (Lipinski definition) is 3. The molecule has 0 unspecified atom stereocenters. The third-order valence-corrected chi connectivity index (χ3v) is 7.50. The number of thiophene rings is 1. The number of nitrogens with one attached hydrogen (secondary N) is 2. The number of fused-ring (bicyclic) bond motifs is 1. The molecule has 9 heteroatoms. The zero-order valence-corrected chi connectivity index (χ0v) is 21.3. The van der Waals surface area contributed by atoms with Gasteiger partial charge in [-0.05, 0) is 57.4 Å². The molecule has 1 saturated heterocycles. The SMILES string of the molecule is Cc1ccc(NC(=O)c2c(C)nc3sc(C(=O)NC[C@H]4CCCO4)c(N)c3c2-c2ccco2)c(C)c1. The Bertz CT molecular complexity index is 1450. The van der Waals surface area contributed by atoms with Crippen molar-refractivity contribution in [2.75, 3.05) is 24.2 Å². The molecular formula is C27H28N4O4S. The molecule has 0 spiro atoms. The van der Waals surface area contributed by atoms with Gasteiger partial charge in [0.2, 0.25) is 0 Å². The van der Waals surface area contributed by atoms with Crippen LogP contribution >= 0.6 is 11.3 Å². The number of aromatic nitrogens is 1. The number of carbonyl (C=O) groups excluding carboxylic acids is 2. The fourth-order valence-electron chi connectivity index (χ4n) is 4.61. The Labute approximate surface area is 212 Å². The average Bonchev–Trinajstić information content (AvgIpc) is 3.60. The lowest BCUT2D eigenvalue weighted by molar-refractivity contribution is 0.0861. The Kier molecular flexibility index (Phi) is 6.51. The molecule has 8 nitrogen and oxygen atoms in total. The highest BCUT2D eigenvalue weighted by molar-refractivity contribution is 7.21. The van der Waals surface area contributed by atoms with E-state index in [2.05, 4.69) is 15.6 Å². The summed E-state index contributed by atoms with van der Waals surface area (Å²) in [6.45, 7) is 6.86. The number of nitrogen functional groups attached to an aromatic ring is 1. The monoisotopic (exact) mass is 504 g/mol. The van der Waals surface area contributed by atoms with E-state index < -0.39 is 0 Å².